The zero-order valence-electron chi connectivity index (χ0n) is 10.6. The van der Waals surface area contributed by atoms with Crippen molar-refractivity contribution in [1.29, 1.82) is 0 Å². The van der Waals surface area contributed by atoms with Crippen molar-refractivity contribution in [1.82, 2.24) is 0 Å². The normalized spacial score (nSPS) is 28.3. The molecular weight excluding hydrogens is 263 g/mol. The maximum Gasteiger partial charge on any atom is 0.144 e. The first-order valence-electron chi connectivity index (χ1n) is 6.78. The summed E-state index contributed by atoms with van der Waals surface area (Å²) >= 11 is 1.42. The molecule has 2 aliphatic rings. The lowest BCUT2D eigenvalue weighted by Crippen LogP contribution is -2.25. The Morgan fingerprint density at radius 3 is 2.58 bits per heavy atom. The third-order valence-corrected chi connectivity index (χ3v) is 5.34. The summed E-state index contributed by atoms with van der Waals surface area (Å²) in [7, 11) is 0. The van der Waals surface area contributed by atoms with E-state index in [2.05, 4.69) is 0 Å². The maximum absolute atomic E-state index is 14.0. The van der Waals surface area contributed by atoms with Crippen molar-refractivity contribution in [3.8, 4) is 0 Å². The van der Waals surface area contributed by atoms with Crippen LogP contribution in [0.15, 0.2) is 24.3 Å². The lowest BCUT2D eigenvalue weighted by molar-refractivity contribution is -0.121. The van der Waals surface area contributed by atoms with Crippen molar-refractivity contribution in [2.75, 3.05) is 0 Å². The molecule has 1 aromatic carbocycles. The number of carbonyl (C=O) groups excluding carboxylic acids is 1. The fourth-order valence-electron chi connectivity index (χ4n) is 2.78. The second kappa shape index (κ2) is 5.25. The summed E-state index contributed by atoms with van der Waals surface area (Å²) in [5, 5.41) is 9.67. The van der Waals surface area contributed by atoms with E-state index in [1.54, 1.807) is 18.2 Å². The van der Waals surface area contributed by atoms with Crippen molar-refractivity contribution in [3.05, 3.63) is 35.6 Å². The summed E-state index contributed by atoms with van der Waals surface area (Å²) in [5.41, 5.74) is 0.0947. The molecule has 0 spiro atoms. The standard InChI is InChI=1S/C15H17FO2S/c16-11-4-2-1-3-10(11)14(15(18)9-5-6-9)12-7-8-13(17)19-12/h1-4,9,12-14,17H,5-8H2. The van der Waals surface area contributed by atoms with Crippen LogP contribution in [0.3, 0.4) is 0 Å². The number of hydrogen-bond donors (Lipinski definition) is 1. The van der Waals surface area contributed by atoms with E-state index in [4.69, 9.17) is 0 Å². The van der Waals surface area contributed by atoms with Gasteiger partial charge in [-0.2, -0.15) is 0 Å². The summed E-state index contributed by atoms with van der Waals surface area (Å²) in [6, 6.07) is 6.56. The Kier molecular flexibility index (Phi) is 3.63. The number of aliphatic hydroxyl groups excluding tert-OH is 1. The number of halogens is 1. The van der Waals surface area contributed by atoms with E-state index < -0.39 is 11.4 Å². The van der Waals surface area contributed by atoms with Gasteiger partial charge in [0.05, 0.1) is 11.4 Å². The Hall–Kier alpha value is -0.870. The van der Waals surface area contributed by atoms with Gasteiger partial charge < -0.3 is 5.11 Å². The van der Waals surface area contributed by atoms with Crippen molar-refractivity contribution in [2.24, 2.45) is 5.92 Å². The molecule has 2 fully saturated rings. The highest BCUT2D eigenvalue weighted by Gasteiger charge is 2.42. The molecule has 0 aromatic heterocycles. The van der Waals surface area contributed by atoms with Crippen LogP contribution in [0.2, 0.25) is 0 Å². The summed E-state index contributed by atoms with van der Waals surface area (Å²) in [6.07, 6.45) is 3.34. The average Bonchev–Trinajstić information content (AvgIpc) is 3.16. The topological polar surface area (TPSA) is 37.3 Å². The van der Waals surface area contributed by atoms with E-state index in [-0.39, 0.29) is 22.8 Å². The highest BCUT2D eigenvalue weighted by molar-refractivity contribution is 8.00. The van der Waals surface area contributed by atoms with Crippen LogP contribution in [0.5, 0.6) is 0 Å². The van der Waals surface area contributed by atoms with Crippen LogP contribution in [0.1, 0.15) is 37.2 Å². The summed E-state index contributed by atoms with van der Waals surface area (Å²) in [6.45, 7) is 0. The second-order valence-electron chi connectivity index (χ2n) is 5.38. The Bertz CT molecular complexity index is 487. The van der Waals surface area contributed by atoms with E-state index in [9.17, 15) is 14.3 Å². The molecule has 1 aliphatic carbocycles. The van der Waals surface area contributed by atoms with Crippen LogP contribution >= 0.6 is 11.8 Å². The molecule has 0 amide bonds. The minimum absolute atomic E-state index is 0.0139. The van der Waals surface area contributed by atoms with Gasteiger partial charge in [0.15, 0.2) is 0 Å². The Morgan fingerprint density at radius 2 is 2.00 bits per heavy atom. The molecule has 3 rings (SSSR count). The fourth-order valence-corrected chi connectivity index (χ4v) is 4.16. The van der Waals surface area contributed by atoms with Gasteiger partial charge in [0.25, 0.3) is 0 Å². The maximum atomic E-state index is 14.0. The van der Waals surface area contributed by atoms with Gasteiger partial charge in [-0.25, -0.2) is 4.39 Å². The molecule has 3 unspecified atom stereocenters. The first kappa shape index (κ1) is 13.1. The van der Waals surface area contributed by atoms with E-state index >= 15 is 0 Å². The average molecular weight is 280 g/mol. The number of hydrogen-bond acceptors (Lipinski definition) is 3. The summed E-state index contributed by atoms with van der Waals surface area (Å²) in [5.74, 6) is -0.418. The van der Waals surface area contributed by atoms with Gasteiger partial charge in [-0.05, 0) is 37.3 Å². The molecule has 102 valence electrons. The predicted molar refractivity (Wildman–Crippen MR) is 73.5 cm³/mol. The van der Waals surface area contributed by atoms with E-state index in [1.807, 2.05) is 0 Å². The van der Waals surface area contributed by atoms with Crippen LogP contribution in [-0.4, -0.2) is 21.6 Å². The van der Waals surface area contributed by atoms with Crippen LogP contribution in [0, 0.1) is 11.7 Å². The van der Waals surface area contributed by atoms with Gasteiger partial charge in [0.1, 0.15) is 11.6 Å². The smallest absolute Gasteiger partial charge is 0.144 e. The van der Waals surface area contributed by atoms with Gasteiger partial charge in [-0.15, -0.1) is 11.8 Å². The van der Waals surface area contributed by atoms with Crippen molar-refractivity contribution in [3.63, 3.8) is 0 Å². The lowest BCUT2D eigenvalue weighted by atomic mass is 9.87. The predicted octanol–water partition coefficient (Wildman–Crippen LogP) is 3.10. The summed E-state index contributed by atoms with van der Waals surface area (Å²) in [4.78, 5) is 12.5. The molecule has 1 saturated heterocycles. The number of rotatable bonds is 4. The van der Waals surface area contributed by atoms with E-state index in [1.165, 1.54) is 17.8 Å². The molecule has 0 radical (unpaired) electrons. The molecular formula is C15H17FO2S. The van der Waals surface area contributed by atoms with Crippen LogP contribution in [0.4, 0.5) is 4.39 Å². The Balaban J connectivity index is 1.92. The molecule has 3 atom stereocenters. The van der Waals surface area contributed by atoms with Gasteiger partial charge in [-0.1, -0.05) is 18.2 Å². The van der Waals surface area contributed by atoms with Crippen molar-refractivity contribution >= 4 is 17.5 Å². The first-order chi connectivity index (χ1) is 9.16. The van der Waals surface area contributed by atoms with Crippen molar-refractivity contribution < 1.29 is 14.3 Å². The van der Waals surface area contributed by atoms with Crippen LogP contribution < -0.4 is 0 Å². The van der Waals surface area contributed by atoms with Gasteiger partial charge in [0, 0.05) is 11.2 Å². The number of aliphatic hydroxyl groups is 1. The minimum Gasteiger partial charge on any atom is -0.382 e. The first-order valence-corrected chi connectivity index (χ1v) is 7.73. The molecule has 2 nitrogen and oxygen atoms in total. The van der Waals surface area contributed by atoms with Crippen molar-refractivity contribution in [2.45, 2.75) is 42.3 Å². The number of thioether (sulfide) groups is 1. The zero-order chi connectivity index (χ0) is 13.4. The fraction of sp³-hybridized carbons (Fsp3) is 0.533. The molecule has 19 heavy (non-hydrogen) atoms. The highest BCUT2D eigenvalue weighted by Crippen LogP contribution is 2.46. The van der Waals surface area contributed by atoms with E-state index in [0.29, 0.717) is 12.0 Å². The molecule has 0 bridgehead atoms. The van der Waals surface area contributed by atoms with Gasteiger partial charge >= 0.3 is 0 Å². The highest BCUT2D eigenvalue weighted by atomic mass is 32.2. The van der Waals surface area contributed by atoms with Gasteiger partial charge in [0.2, 0.25) is 0 Å². The monoisotopic (exact) mass is 280 g/mol. The second-order valence-corrected chi connectivity index (χ2v) is 6.80. The molecule has 1 N–H and O–H groups in total. The number of Topliss-reactive ketones (excluding diaryl/α,β-unsaturated/α-hetero) is 1. The van der Waals surface area contributed by atoms with Gasteiger partial charge in [-0.3, -0.25) is 4.79 Å². The number of ketones is 1. The number of benzene rings is 1. The Labute approximate surface area is 116 Å². The third-order valence-electron chi connectivity index (χ3n) is 3.93. The largest absolute Gasteiger partial charge is 0.382 e. The Morgan fingerprint density at radius 1 is 1.26 bits per heavy atom. The quantitative estimate of drug-likeness (QED) is 0.921. The van der Waals surface area contributed by atoms with Crippen LogP contribution in [-0.2, 0) is 4.79 Å². The summed E-state index contributed by atoms with van der Waals surface area (Å²) < 4.78 is 14.0. The lowest BCUT2D eigenvalue weighted by Gasteiger charge is -2.22. The molecule has 1 aliphatic heterocycles. The molecule has 4 heteroatoms. The number of carbonyl (C=O) groups is 1. The zero-order valence-corrected chi connectivity index (χ0v) is 11.4. The molecule has 1 heterocycles. The minimum atomic E-state index is -0.411. The SMILES string of the molecule is O=C(C1CC1)C(c1ccccc1F)C1CCC(O)S1. The van der Waals surface area contributed by atoms with Crippen LogP contribution in [0.25, 0.3) is 0 Å². The molecule has 1 saturated carbocycles. The third kappa shape index (κ3) is 2.70. The molecule has 1 aromatic rings. The van der Waals surface area contributed by atoms with E-state index in [0.717, 1.165) is 19.3 Å².